The van der Waals surface area contributed by atoms with Crippen molar-refractivity contribution in [1.29, 1.82) is 0 Å². The zero-order valence-electron chi connectivity index (χ0n) is 7.06. The van der Waals surface area contributed by atoms with Crippen LogP contribution in [0.1, 0.15) is 19.8 Å². The lowest BCUT2D eigenvalue weighted by molar-refractivity contribution is 0.0215. The molecular weight excluding hydrogens is 122 g/mol. The average molecular weight is 139 g/mol. The van der Waals surface area contributed by atoms with Gasteiger partial charge in [0.15, 0.2) is 0 Å². The summed E-state index contributed by atoms with van der Waals surface area (Å²) < 4.78 is 0. The molecule has 0 atom stereocenters. The molecular formula is C9H17N. The minimum atomic E-state index is 0.594. The van der Waals surface area contributed by atoms with Crippen molar-refractivity contribution in [3.05, 3.63) is 12.7 Å². The van der Waals surface area contributed by atoms with Crippen molar-refractivity contribution in [1.82, 2.24) is 4.90 Å². The maximum absolute atomic E-state index is 3.78. The van der Waals surface area contributed by atoms with E-state index in [0.29, 0.717) is 5.41 Å². The molecule has 0 aromatic heterocycles. The third kappa shape index (κ3) is 1.24. The molecule has 10 heavy (non-hydrogen) atoms. The molecule has 0 unspecified atom stereocenters. The van der Waals surface area contributed by atoms with E-state index in [-0.39, 0.29) is 0 Å². The molecule has 1 aliphatic rings. The third-order valence-corrected chi connectivity index (χ3v) is 2.54. The second kappa shape index (κ2) is 2.75. The molecule has 1 fully saturated rings. The van der Waals surface area contributed by atoms with E-state index < -0.39 is 0 Å². The summed E-state index contributed by atoms with van der Waals surface area (Å²) >= 11 is 0. The first kappa shape index (κ1) is 7.80. The first-order valence-electron chi connectivity index (χ1n) is 4.02. The second-order valence-electron chi connectivity index (χ2n) is 3.52. The summed E-state index contributed by atoms with van der Waals surface area (Å²) in [5.41, 5.74) is 0.594. The molecule has 1 heterocycles. The Morgan fingerprint density at radius 1 is 1.60 bits per heavy atom. The van der Waals surface area contributed by atoms with Gasteiger partial charge in [-0.2, -0.15) is 0 Å². The predicted molar refractivity (Wildman–Crippen MR) is 45.0 cm³/mol. The summed E-state index contributed by atoms with van der Waals surface area (Å²) in [4.78, 5) is 2.37. The van der Waals surface area contributed by atoms with Crippen LogP contribution < -0.4 is 0 Å². The molecule has 0 aliphatic carbocycles. The molecule has 0 radical (unpaired) electrons. The molecule has 1 heteroatoms. The monoisotopic (exact) mass is 139 g/mol. The fourth-order valence-corrected chi connectivity index (χ4v) is 1.90. The van der Waals surface area contributed by atoms with Crippen molar-refractivity contribution >= 4 is 0 Å². The lowest BCUT2D eigenvalue weighted by Gasteiger charge is -2.48. The number of hydrogen-bond donors (Lipinski definition) is 0. The van der Waals surface area contributed by atoms with Crippen LogP contribution in [-0.4, -0.2) is 25.0 Å². The fourth-order valence-electron chi connectivity index (χ4n) is 1.90. The smallest absolute Gasteiger partial charge is 0.00503 e. The average Bonchev–Trinajstić information content (AvgIpc) is 1.84. The summed E-state index contributed by atoms with van der Waals surface area (Å²) in [5, 5.41) is 0. The number of allylic oxidation sites excluding steroid dienone is 1. The van der Waals surface area contributed by atoms with E-state index in [4.69, 9.17) is 0 Å². The van der Waals surface area contributed by atoms with Crippen LogP contribution in [0.25, 0.3) is 0 Å². The van der Waals surface area contributed by atoms with E-state index in [0.717, 1.165) is 0 Å². The number of hydrogen-bond acceptors (Lipinski definition) is 1. The van der Waals surface area contributed by atoms with Crippen molar-refractivity contribution < 1.29 is 0 Å². The molecule has 0 bridgehead atoms. The number of nitrogens with zero attached hydrogens (tertiary/aromatic N) is 1. The Bertz CT molecular complexity index is 123. The quantitative estimate of drug-likeness (QED) is 0.540. The summed E-state index contributed by atoms with van der Waals surface area (Å²) in [6.45, 7) is 8.58. The van der Waals surface area contributed by atoms with Gasteiger partial charge in [-0.05, 0) is 25.3 Å². The van der Waals surface area contributed by atoms with Crippen LogP contribution in [0.15, 0.2) is 12.7 Å². The lowest BCUT2D eigenvalue weighted by Crippen LogP contribution is -2.53. The van der Waals surface area contributed by atoms with Gasteiger partial charge < -0.3 is 4.90 Å². The summed E-state index contributed by atoms with van der Waals surface area (Å²) in [5.74, 6) is 0. The minimum Gasteiger partial charge on any atom is -0.305 e. The van der Waals surface area contributed by atoms with Gasteiger partial charge in [-0.15, -0.1) is 6.58 Å². The molecule has 1 rings (SSSR count). The normalized spacial score (nSPS) is 23.8. The van der Waals surface area contributed by atoms with Gasteiger partial charge in [0.2, 0.25) is 0 Å². The highest BCUT2D eigenvalue weighted by molar-refractivity contribution is 4.96. The molecule has 1 saturated heterocycles. The van der Waals surface area contributed by atoms with Crippen LogP contribution in [0, 0.1) is 5.41 Å². The zero-order valence-corrected chi connectivity index (χ0v) is 7.06. The van der Waals surface area contributed by atoms with Crippen molar-refractivity contribution in [3.8, 4) is 0 Å². The first-order valence-corrected chi connectivity index (χ1v) is 4.02. The van der Waals surface area contributed by atoms with Crippen LogP contribution >= 0.6 is 0 Å². The number of rotatable bonds is 3. The molecule has 1 nitrogen and oxygen atoms in total. The third-order valence-electron chi connectivity index (χ3n) is 2.54. The first-order chi connectivity index (χ1) is 4.72. The zero-order chi connectivity index (χ0) is 7.61. The van der Waals surface area contributed by atoms with Gasteiger partial charge in [0.05, 0.1) is 0 Å². The Morgan fingerprint density at radius 3 is 2.50 bits per heavy atom. The highest BCUT2D eigenvalue weighted by Crippen LogP contribution is 2.36. The van der Waals surface area contributed by atoms with E-state index in [9.17, 15) is 0 Å². The van der Waals surface area contributed by atoms with Gasteiger partial charge >= 0.3 is 0 Å². The Hall–Kier alpha value is -0.300. The summed E-state index contributed by atoms with van der Waals surface area (Å²) in [7, 11) is 2.18. The highest BCUT2D eigenvalue weighted by Gasteiger charge is 2.37. The molecule has 0 aromatic carbocycles. The highest BCUT2D eigenvalue weighted by atomic mass is 15.2. The van der Waals surface area contributed by atoms with Crippen molar-refractivity contribution in [2.75, 3.05) is 20.1 Å². The molecule has 0 aromatic rings. The molecule has 1 aliphatic heterocycles. The van der Waals surface area contributed by atoms with Gasteiger partial charge in [-0.1, -0.05) is 13.0 Å². The Labute approximate surface area is 63.7 Å². The minimum absolute atomic E-state index is 0.594. The summed E-state index contributed by atoms with van der Waals surface area (Å²) in [6, 6.07) is 0. The SMILES string of the molecule is C=CCC1(CC)CN(C)C1. The van der Waals surface area contributed by atoms with Gasteiger partial charge in [-0.25, -0.2) is 0 Å². The van der Waals surface area contributed by atoms with Gasteiger partial charge in [0, 0.05) is 13.1 Å². The van der Waals surface area contributed by atoms with Crippen molar-refractivity contribution in [3.63, 3.8) is 0 Å². The van der Waals surface area contributed by atoms with Crippen molar-refractivity contribution in [2.24, 2.45) is 5.41 Å². The Morgan fingerprint density at radius 2 is 2.20 bits per heavy atom. The second-order valence-corrected chi connectivity index (χ2v) is 3.52. The van der Waals surface area contributed by atoms with Crippen molar-refractivity contribution in [2.45, 2.75) is 19.8 Å². The standard InChI is InChI=1S/C9H17N/c1-4-6-9(5-2)7-10(3)8-9/h4H,1,5-8H2,2-3H3. The maximum Gasteiger partial charge on any atom is 0.00503 e. The molecule has 0 N–H and O–H groups in total. The molecule has 58 valence electrons. The van der Waals surface area contributed by atoms with E-state index >= 15 is 0 Å². The molecule has 0 amide bonds. The maximum atomic E-state index is 3.78. The van der Waals surface area contributed by atoms with E-state index in [1.54, 1.807) is 0 Å². The molecule has 0 saturated carbocycles. The van der Waals surface area contributed by atoms with Crippen LogP contribution in [0.4, 0.5) is 0 Å². The van der Waals surface area contributed by atoms with Gasteiger partial charge in [0.25, 0.3) is 0 Å². The largest absolute Gasteiger partial charge is 0.305 e. The lowest BCUT2D eigenvalue weighted by atomic mass is 9.75. The van der Waals surface area contributed by atoms with Gasteiger partial charge in [0.1, 0.15) is 0 Å². The topological polar surface area (TPSA) is 3.24 Å². The van der Waals surface area contributed by atoms with E-state index in [2.05, 4.69) is 31.5 Å². The Balaban J connectivity index is 2.39. The van der Waals surface area contributed by atoms with Crippen LogP contribution in [0.5, 0.6) is 0 Å². The fraction of sp³-hybridized carbons (Fsp3) is 0.778. The van der Waals surface area contributed by atoms with E-state index in [1.165, 1.54) is 25.9 Å². The predicted octanol–water partition coefficient (Wildman–Crippen LogP) is 1.90. The molecule has 0 spiro atoms. The van der Waals surface area contributed by atoms with Crippen LogP contribution in [0.3, 0.4) is 0 Å². The van der Waals surface area contributed by atoms with Crippen LogP contribution in [0.2, 0.25) is 0 Å². The summed E-state index contributed by atoms with van der Waals surface area (Å²) in [6.07, 6.45) is 4.54. The van der Waals surface area contributed by atoms with Gasteiger partial charge in [-0.3, -0.25) is 0 Å². The number of likely N-dealkylation sites (tertiary alicyclic amines) is 1. The van der Waals surface area contributed by atoms with Crippen LogP contribution in [-0.2, 0) is 0 Å². The van der Waals surface area contributed by atoms with E-state index in [1.807, 2.05) is 0 Å². The Kier molecular flexibility index (Phi) is 2.14.